The van der Waals surface area contributed by atoms with Crippen molar-refractivity contribution in [3.05, 3.63) is 64.0 Å². The van der Waals surface area contributed by atoms with Crippen molar-refractivity contribution in [3.63, 3.8) is 0 Å². The van der Waals surface area contributed by atoms with Crippen LogP contribution < -0.4 is 5.32 Å². The molecule has 0 atom stereocenters. The molecular formula is C16H9F4N3O2S. The number of thioether (sulfide) groups is 1. The Bertz CT molecular complexity index is 957. The van der Waals surface area contributed by atoms with E-state index < -0.39 is 34.8 Å². The van der Waals surface area contributed by atoms with Gasteiger partial charge in [-0.3, -0.25) is 9.59 Å². The number of anilines is 1. The summed E-state index contributed by atoms with van der Waals surface area (Å²) in [7, 11) is 0. The molecule has 0 unspecified atom stereocenters. The number of carbonyl (C=O) groups excluding carboxylic acids is 2. The molecule has 1 aromatic heterocycles. The first kappa shape index (κ1) is 18.1. The van der Waals surface area contributed by atoms with Gasteiger partial charge in [-0.25, -0.2) is 14.4 Å². The van der Waals surface area contributed by atoms with Crippen LogP contribution in [0.15, 0.2) is 41.2 Å². The van der Waals surface area contributed by atoms with E-state index in [1.807, 2.05) is 0 Å². The maximum atomic E-state index is 13.3. The molecule has 0 radical (unpaired) electrons. The van der Waals surface area contributed by atoms with Gasteiger partial charge >= 0.3 is 6.18 Å². The summed E-state index contributed by atoms with van der Waals surface area (Å²) in [6.07, 6.45) is -0.921. The third-order valence-electron chi connectivity index (χ3n) is 3.54. The zero-order valence-electron chi connectivity index (χ0n) is 13.0. The second-order valence-electron chi connectivity index (χ2n) is 5.13. The number of nitrogens with zero attached hydrogens (tertiary/aromatic N) is 2. The van der Waals surface area contributed by atoms with Gasteiger partial charge in [0.1, 0.15) is 22.9 Å². The van der Waals surface area contributed by atoms with Crippen molar-refractivity contribution in [3.8, 4) is 0 Å². The molecule has 1 heterocycles. The number of fused-ring (bicyclic) bond motifs is 1. The van der Waals surface area contributed by atoms with E-state index in [0.29, 0.717) is 6.07 Å². The average Bonchev–Trinajstić information content (AvgIpc) is 2.60. The molecule has 1 N–H and O–H groups in total. The molecular weight excluding hydrogens is 374 g/mol. The van der Waals surface area contributed by atoms with Gasteiger partial charge in [0.05, 0.1) is 16.2 Å². The van der Waals surface area contributed by atoms with E-state index in [1.54, 1.807) is 0 Å². The van der Waals surface area contributed by atoms with Crippen LogP contribution >= 0.6 is 11.8 Å². The van der Waals surface area contributed by atoms with Crippen LogP contribution in [0.3, 0.4) is 0 Å². The molecule has 1 aliphatic rings. The lowest BCUT2D eigenvalue weighted by Crippen LogP contribution is -2.27. The van der Waals surface area contributed by atoms with Crippen LogP contribution in [0.2, 0.25) is 0 Å². The Labute approximate surface area is 148 Å². The molecule has 10 heteroatoms. The summed E-state index contributed by atoms with van der Waals surface area (Å²) in [6.45, 7) is 0. The molecule has 134 valence electrons. The van der Waals surface area contributed by atoms with Crippen molar-refractivity contribution in [2.24, 2.45) is 0 Å². The number of benzene rings is 1. The summed E-state index contributed by atoms with van der Waals surface area (Å²) in [6, 6.07) is 1.98. The van der Waals surface area contributed by atoms with Gasteiger partial charge in [0, 0.05) is 12.4 Å². The van der Waals surface area contributed by atoms with Gasteiger partial charge in [0.15, 0.2) is 0 Å². The van der Waals surface area contributed by atoms with Gasteiger partial charge in [0.25, 0.3) is 0 Å². The number of hydrogen-bond acceptors (Lipinski definition) is 6. The summed E-state index contributed by atoms with van der Waals surface area (Å²) >= 11 is 0.889. The molecule has 1 aliphatic carbocycles. The fourth-order valence-corrected chi connectivity index (χ4v) is 3.05. The predicted molar refractivity (Wildman–Crippen MR) is 86.3 cm³/mol. The van der Waals surface area contributed by atoms with Crippen LogP contribution in [0.25, 0.3) is 0 Å². The number of Topliss-reactive ketones (excluding diaryl/α,β-unsaturated/α-hetero) is 2. The van der Waals surface area contributed by atoms with Gasteiger partial charge in [-0.1, -0.05) is 0 Å². The topological polar surface area (TPSA) is 72.0 Å². The Kier molecular flexibility index (Phi) is 4.53. The smallest absolute Gasteiger partial charge is 0.351 e. The minimum absolute atomic E-state index is 0.0968. The van der Waals surface area contributed by atoms with E-state index >= 15 is 0 Å². The molecule has 0 bridgehead atoms. The number of halogens is 4. The molecule has 1 aromatic carbocycles. The lowest BCUT2D eigenvalue weighted by Gasteiger charge is -2.21. The molecule has 0 saturated carbocycles. The summed E-state index contributed by atoms with van der Waals surface area (Å²) in [5, 5.41) is 2.34. The molecule has 0 fully saturated rings. The molecule has 26 heavy (non-hydrogen) atoms. The van der Waals surface area contributed by atoms with Crippen molar-refractivity contribution in [2.45, 2.75) is 6.18 Å². The number of alkyl halides is 3. The van der Waals surface area contributed by atoms with Crippen LogP contribution in [0.1, 0.15) is 26.5 Å². The molecule has 0 spiro atoms. The summed E-state index contributed by atoms with van der Waals surface area (Å²) in [5.41, 5.74) is -2.62. The van der Waals surface area contributed by atoms with Crippen molar-refractivity contribution in [1.82, 2.24) is 9.97 Å². The third-order valence-corrected chi connectivity index (χ3v) is 4.34. The lowest BCUT2D eigenvalue weighted by molar-refractivity contribution is -0.137. The van der Waals surface area contributed by atoms with E-state index in [9.17, 15) is 27.2 Å². The van der Waals surface area contributed by atoms with Crippen LogP contribution in [-0.4, -0.2) is 27.8 Å². The standard InChI is InChI=1S/C16H9F4N3O2S/c1-26-15-12(13(24)10-11(14(15)25)22-5-4-21-10)23-9-3-2-7(17)6-8(9)16(18,19)20/h2-6,23H,1H3. The lowest BCUT2D eigenvalue weighted by atomic mass is 10.0. The SMILES string of the molecule is CSC1=C(Nc2ccc(F)cc2C(F)(F)F)C(=O)c2nccnc2C1=O. The van der Waals surface area contributed by atoms with E-state index in [2.05, 4.69) is 15.3 Å². The van der Waals surface area contributed by atoms with E-state index in [0.717, 1.165) is 23.9 Å². The predicted octanol–water partition coefficient (Wildman–Crippen LogP) is 3.70. The van der Waals surface area contributed by atoms with Gasteiger partial charge in [-0.15, -0.1) is 11.8 Å². The van der Waals surface area contributed by atoms with Crippen molar-refractivity contribution in [1.29, 1.82) is 0 Å². The van der Waals surface area contributed by atoms with Crippen molar-refractivity contribution in [2.75, 3.05) is 11.6 Å². The average molecular weight is 383 g/mol. The fourth-order valence-electron chi connectivity index (χ4n) is 2.42. The van der Waals surface area contributed by atoms with Gasteiger partial charge in [-0.2, -0.15) is 13.2 Å². The Morgan fingerprint density at radius 1 is 1.04 bits per heavy atom. The third kappa shape index (κ3) is 3.07. The number of ketones is 2. The van der Waals surface area contributed by atoms with Crippen molar-refractivity contribution < 1.29 is 27.2 Å². The fraction of sp³-hybridized carbons (Fsp3) is 0.125. The van der Waals surface area contributed by atoms with E-state index in [-0.39, 0.29) is 22.0 Å². The minimum atomic E-state index is -4.86. The first-order chi connectivity index (χ1) is 12.2. The number of hydrogen-bond donors (Lipinski definition) is 1. The first-order valence-corrected chi connectivity index (χ1v) is 8.29. The molecule has 0 aliphatic heterocycles. The van der Waals surface area contributed by atoms with Crippen LogP contribution in [-0.2, 0) is 6.18 Å². The largest absolute Gasteiger partial charge is 0.418 e. The van der Waals surface area contributed by atoms with Gasteiger partial charge in [0.2, 0.25) is 11.6 Å². The highest BCUT2D eigenvalue weighted by molar-refractivity contribution is 8.03. The zero-order chi connectivity index (χ0) is 19.1. The maximum absolute atomic E-state index is 13.3. The van der Waals surface area contributed by atoms with Crippen molar-refractivity contribution >= 4 is 29.0 Å². The normalized spacial score (nSPS) is 14.5. The van der Waals surface area contributed by atoms with Crippen LogP contribution in [0.5, 0.6) is 0 Å². The second kappa shape index (κ2) is 6.52. The molecule has 0 amide bonds. The van der Waals surface area contributed by atoms with Crippen LogP contribution in [0.4, 0.5) is 23.2 Å². The zero-order valence-corrected chi connectivity index (χ0v) is 13.8. The highest BCUT2D eigenvalue weighted by Gasteiger charge is 2.38. The highest BCUT2D eigenvalue weighted by atomic mass is 32.2. The summed E-state index contributed by atoms with van der Waals surface area (Å²) in [4.78, 5) is 32.6. The highest BCUT2D eigenvalue weighted by Crippen LogP contribution is 2.37. The Morgan fingerprint density at radius 3 is 2.23 bits per heavy atom. The van der Waals surface area contributed by atoms with E-state index in [1.165, 1.54) is 18.6 Å². The Morgan fingerprint density at radius 2 is 1.65 bits per heavy atom. The Hall–Kier alpha value is -2.75. The number of allylic oxidation sites excluding steroid dienone is 2. The quantitative estimate of drug-likeness (QED) is 0.815. The monoisotopic (exact) mass is 383 g/mol. The molecule has 3 rings (SSSR count). The molecule has 2 aromatic rings. The molecule has 5 nitrogen and oxygen atoms in total. The summed E-state index contributed by atoms with van der Waals surface area (Å²) < 4.78 is 52.8. The second-order valence-corrected chi connectivity index (χ2v) is 5.95. The number of aromatic nitrogens is 2. The summed E-state index contributed by atoms with van der Waals surface area (Å²) in [5.74, 6) is -2.47. The minimum Gasteiger partial charge on any atom is -0.351 e. The number of nitrogens with one attached hydrogen (secondary N) is 1. The molecule has 0 saturated heterocycles. The first-order valence-electron chi connectivity index (χ1n) is 7.06. The Balaban J connectivity index is 2.13. The van der Waals surface area contributed by atoms with Crippen LogP contribution in [0, 0.1) is 5.82 Å². The van der Waals surface area contributed by atoms with Gasteiger partial charge in [-0.05, 0) is 24.5 Å². The van der Waals surface area contributed by atoms with Gasteiger partial charge < -0.3 is 5.32 Å². The maximum Gasteiger partial charge on any atom is 0.418 e. The van der Waals surface area contributed by atoms with E-state index in [4.69, 9.17) is 0 Å². The number of rotatable bonds is 3. The number of carbonyl (C=O) groups is 2.